The molecule has 1 atom stereocenters. The third-order valence-corrected chi connectivity index (χ3v) is 3.02. The third-order valence-electron chi connectivity index (χ3n) is 3.02. The zero-order valence-electron chi connectivity index (χ0n) is 11.5. The van der Waals surface area contributed by atoms with E-state index < -0.39 is 5.97 Å². The minimum atomic E-state index is -0.935. The van der Waals surface area contributed by atoms with Gasteiger partial charge in [-0.15, -0.1) is 0 Å². The second kappa shape index (κ2) is 6.89. The van der Waals surface area contributed by atoms with Crippen molar-refractivity contribution in [2.24, 2.45) is 0 Å². The van der Waals surface area contributed by atoms with Gasteiger partial charge < -0.3 is 10.4 Å². The van der Waals surface area contributed by atoms with E-state index >= 15 is 0 Å². The third kappa shape index (κ3) is 4.37. The molecule has 0 aromatic heterocycles. The summed E-state index contributed by atoms with van der Waals surface area (Å²) in [5.74, 6) is -0.942. The lowest BCUT2D eigenvalue weighted by Gasteiger charge is -2.23. The molecule has 0 spiro atoms. The summed E-state index contributed by atoms with van der Waals surface area (Å²) in [4.78, 5) is 24.3. The summed E-state index contributed by atoms with van der Waals surface area (Å²) in [6, 6.07) is 6.46. The molecule has 0 aliphatic carbocycles. The van der Waals surface area contributed by atoms with Crippen LogP contribution in [0.4, 0.5) is 0 Å². The molecule has 0 fully saturated rings. The van der Waals surface area contributed by atoms with Crippen molar-refractivity contribution in [3.8, 4) is 0 Å². The molecule has 1 aromatic rings. The van der Waals surface area contributed by atoms with Gasteiger partial charge in [-0.2, -0.15) is 0 Å². The Morgan fingerprint density at radius 1 is 1.32 bits per heavy atom. The number of benzene rings is 1. The SMILES string of the molecule is CCNC(=O)C(C)N(C)Cc1ccc(C(=O)O)cc1. The summed E-state index contributed by atoms with van der Waals surface area (Å²) in [6.07, 6.45) is 0. The average Bonchev–Trinajstić information content (AvgIpc) is 2.38. The fourth-order valence-electron chi connectivity index (χ4n) is 1.70. The van der Waals surface area contributed by atoms with Crippen molar-refractivity contribution in [3.05, 3.63) is 35.4 Å². The molecule has 1 aromatic carbocycles. The fourth-order valence-corrected chi connectivity index (χ4v) is 1.70. The Balaban J connectivity index is 2.63. The quantitative estimate of drug-likeness (QED) is 0.813. The number of carbonyl (C=O) groups is 2. The lowest BCUT2D eigenvalue weighted by Crippen LogP contribution is -2.42. The van der Waals surface area contributed by atoms with Crippen LogP contribution in [0.5, 0.6) is 0 Å². The highest BCUT2D eigenvalue weighted by Crippen LogP contribution is 2.09. The Hall–Kier alpha value is -1.88. The molecule has 0 aliphatic rings. The first kappa shape index (κ1) is 15.2. The molecule has 0 aliphatic heterocycles. The lowest BCUT2D eigenvalue weighted by molar-refractivity contribution is -0.125. The van der Waals surface area contributed by atoms with Gasteiger partial charge >= 0.3 is 5.97 Å². The monoisotopic (exact) mass is 264 g/mol. The average molecular weight is 264 g/mol. The van der Waals surface area contributed by atoms with E-state index in [9.17, 15) is 9.59 Å². The van der Waals surface area contributed by atoms with E-state index in [2.05, 4.69) is 5.32 Å². The van der Waals surface area contributed by atoms with Crippen LogP contribution in [0, 0.1) is 0 Å². The topological polar surface area (TPSA) is 69.6 Å². The highest BCUT2D eigenvalue weighted by molar-refractivity contribution is 5.87. The number of hydrogen-bond donors (Lipinski definition) is 2. The zero-order valence-corrected chi connectivity index (χ0v) is 11.5. The molecule has 19 heavy (non-hydrogen) atoms. The van der Waals surface area contributed by atoms with Crippen LogP contribution in [-0.4, -0.2) is 41.5 Å². The summed E-state index contributed by atoms with van der Waals surface area (Å²) >= 11 is 0. The Morgan fingerprint density at radius 3 is 2.37 bits per heavy atom. The van der Waals surface area contributed by atoms with E-state index in [0.717, 1.165) is 5.56 Å². The van der Waals surface area contributed by atoms with Gasteiger partial charge in [0.1, 0.15) is 0 Å². The van der Waals surface area contributed by atoms with Crippen molar-refractivity contribution in [2.45, 2.75) is 26.4 Å². The Kier molecular flexibility index (Phi) is 5.51. The Morgan fingerprint density at radius 2 is 1.89 bits per heavy atom. The maximum Gasteiger partial charge on any atom is 0.335 e. The Bertz CT molecular complexity index is 443. The van der Waals surface area contributed by atoms with Gasteiger partial charge in [0.05, 0.1) is 11.6 Å². The minimum absolute atomic E-state index is 0.00726. The molecule has 1 unspecified atom stereocenters. The molecule has 104 valence electrons. The van der Waals surface area contributed by atoms with Crippen molar-refractivity contribution >= 4 is 11.9 Å². The largest absolute Gasteiger partial charge is 0.478 e. The highest BCUT2D eigenvalue weighted by atomic mass is 16.4. The summed E-state index contributed by atoms with van der Waals surface area (Å²) < 4.78 is 0. The number of nitrogens with one attached hydrogen (secondary N) is 1. The molecule has 5 heteroatoms. The molecule has 0 radical (unpaired) electrons. The maximum atomic E-state index is 11.7. The standard InChI is InChI=1S/C14H20N2O3/c1-4-15-13(17)10(2)16(3)9-11-5-7-12(8-6-11)14(18)19/h5-8,10H,4,9H2,1-3H3,(H,15,17)(H,18,19). The number of carboxylic acid groups (broad SMARTS) is 1. The van der Waals surface area contributed by atoms with Gasteiger partial charge in [-0.25, -0.2) is 4.79 Å². The minimum Gasteiger partial charge on any atom is -0.478 e. The van der Waals surface area contributed by atoms with Crippen LogP contribution in [0.1, 0.15) is 29.8 Å². The number of amides is 1. The molecular weight excluding hydrogens is 244 g/mol. The second-order valence-electron chi connectivity index (χ2n) is 4.49. The van der Waals surface area contributed by atoms with Gasteiger partial charge in [-0.1, -0.05) is 12.1 Å². The number of likely N-dealkylation sites (N-methyl/N-ethyl adjacent to an activating group) is 2. The summed E-state index contributed by atoms with van der Waals surface area (Å²) in [5.41, 5.74) is 1.24. The van der Waals surface area contributed by atoms with Gasteiger partial charge in [-0.05, 0) is 38.6 Å². The number of aromatic carboxylic acids is 1. The van der Waals surface area contributed by atoms with Crippen LogP contribution in [0.2, 0.25) is 0 Å². The molecule has 1 rings (SSSR count). The van der Waals surface area contributed by atoms with Crippen molar-refractivity contribution in [3.63, 3.8) is 0 Å². The van der Waals surface area contributed by atoms with Crippen LogP contribution in [-0.2, 0) is 11.3 Å². The van der Waals surface area contributed by atoms with Crippen LogP contribution in [0.15, 0.2) is 24.3 Å². The Labute approximate surface area is 113 Å². The number of nitrogens with zero attached hydrogens (tertiary/aromatic N) is 1. The van der Waals surface area contributed by atoms with Gasteiger partial charge in [0, 0.05) is 13.1 Å². The van der Waals surface area contributed by atoms with Crippen LogP contribution >= 0.6 is 0 Å². The first-order valence-corrected chi connectivity index (χ1v) is 6.26. The molecule has 1 amide bonds. The highest BCUT2D eigenvalue weighted by Gasteiger charge is 2.17. The lowest BCUT2D eigenvalue weighted by atomic mass is 10.1. The number of carboxylic acids is 1. The van der Waals surface area contributed by atoms with Crippen LogP contribution in [0.3, 0.4) is 0 Å². The molecule has 0 heterocycles. The van der Waals surface area contributed by atoms with E-state index in [-0.39, 0.29) is 17.5 Å². The number of carbonyl (C=O) groups excluding carboxylic acids is 1. The van der Waals surface area contributed by atoms with Crippen molar-refractivity contribution in [2.75, 3.05) is 13.6 Å². The molecule has 0 saturated heterocycles. The van der Waals surface area contributed by atoms with E-state index in [0.29, 0.717) is 13.1 Å². The van der Waals surface area contributed by atoms with Crippen molar-refractivity contribution < 1.29 is 14.7 Å². The van der Waals surface area contributed by atoms with Crippen molar-refractivity contribution in [1.29, 1.82) is 0 Å². The second-order valence-corrected chi connectivity index (χ2v) is 4.49. The van der Waals surface area contributed by atoms with E-state index in [1.54, 1.807) is 24.3 Å². The van der Waals surface area contributed by atoms with Crippen LogP contribution < -0.4 is 5.32 Å². The molecule has 5 nitrogen and oxygen atoms in total. The van der Waals surface area contributed by atoms with Crippen molar-refractivity contribution in [1.82, 2.24) is 10.2 Å². The van der Waals surface area contributed by atoms with E-state index in [1.165, 1.54) is 0 Å². The smallest absolute Gasteiger partial charge is 0.335 e. The summed E-state index contributed by atoms with van der Waals surface area (Å²) in [5, 5.41) is 11.6. The number of rotatable bonds is 6. The molecule has 0 saturated carbocycles. The molecular formula is C14H20N2O3. The van der Waals surface area contributed by atoms with E-state index in [4.69, 9.17) is 5.11 Å². The fraction of sp³-hybridized carbons (Fsp3) is 0.429. The molecule has 2 N–H and O–H groups in total. The summed E-state index contributed by atoms with van der Waals surface area (Å²) in [6.45, 7) is 4.94. The van der Waals surface area contributed by atoms with Gasteiger partial charge in [0.25, 0.3) is 0 Å². The van der Waals surface area contributed by atoms with Gasteiger partial charge in [0.2, 0.25) is 5.91 Å². The first-order valence-electron chi connectivity index (χ1n) is 6.26. The van der Waals surface area contributed by atoms with Gasteiger partial charge in [0.15, 0.2) is 0 Å². The first-order chi connectivity index (χ1) is 8.95. The maximum absolute atomic E-state index is 11.7. The number of hydrogen-bond acceptors (Lipinski definition) is 3. The predicted octanol–water partition coefficient (Wildman–Crippen LogP) is 1.34. The van der Waals surface area contributed by atoms with Gasteiger partial charge in [-0.3, -0.25) is 9.69 Å². The normalized spacial score (nSPS) is 12.2. The molecule has 0 bridgehead atoms. The zero-order chi connectivity index (χ0) is 14.4. The van der Waals surface area contributed by atoms with Crippen LogP contribution in [0.25, 0.3) is 0 Å². The predicted molar refractivity (Wildman–Crippen MR) is 73.0 cm³/mol. The van der Waals surface area contributed by atoms with E-state index in [1.807, 2.05) is 25.8 Å². The summed E-state index contributed by atoms with van der Waals surface area (Å²) in [7, 11) is 1.87.